The molecule has 2 saturated heterocycles. The van der Waals surface area contributed by atoms with Gasteiger partial charge in [0.1, 0.15) is 5.60 Å². The SMILES string of the molecule is COc1ccnc(N2CCN(CC3(O)CNCCOC3)CC2)n1.Cl.Cl. The number of piperazine rings is 1. The summed E-state index contributed by atoms with van der Waals surface area (Å²) in [6.45, 7) is 6.42. The van der Waals surface area contributed by atoms with E-state index in [1.807, 2.05) is 0 Å². The fourth-order valence-corrected chi connectivity index (χ4v) is 3.00. The molecular weight excluding hydrogens is 369 g/mol. The first-order valence-corrected chi connectivity index (χ1v) is 8.04. The Morgan fingerprint density at radius 3 is 2.80 bits per heavy atom. The minimum absolute atomic E-state index is 0. The zero-order chi connectivity index (χ0) is 16.1. The quantitative estimate of drug-likeness (QED) is 0.725. The van der Waals surface area contributed by atoms with E-state index in [0.717, 1.165) is 32.7 Å². The molecule has 3 heterocycles. The molecule has 1 unspecified atom stereocenters. The number of halogens is 2. The molecule has 0 saturated carbocycles. The van der Waals surface area contributed by atoms with Crippen LogP contribution in [0.5, 0.6) is 5.88 Å². The van der Waals surface area contributed by atoms with Gasteiger partial charge in [-0.15, -0.1) is 24.8 Å². The average Bonchev–Trinajstić information content (AvgIpc) is 2.80. The summed E-state index contributed by atoms with van der Waals surface area (Å²) < 4.78 is 10.6. The fourth-order valence-electron chi connectivity index (χ4n) is 3.00. The summed E-state index contributed by atoms with van der Waals surface area (Å²) in [7, 11) is 1.60. The smallest absolute Gasteiger partial charge is 0.228 e. The third-order valence-electron chi connectivity index (χ3n) is 4.25. The van der Waals surface area contributed by atoms with Crippen LogP contribution in [0.3, 0.4) is 0 Å². The van der Waals surface area contributed by atoms with Gasteiger partial charge in [-0.25, -0.2) is 4.98 Å². The Balaban J connectivity index is 0.00000156. The van der Waals surface area contributed by atoms with Crippen molar-refractivity contribution >= 4 is 30.8 Å². The molecule has 2 aliphatic heterocycles. The average molecular weight is 396 g/mol. The summed E-state index contributed by atoms with van der Waals surface area (Å²) in [5, 5.41) is 13.9. The van der Waals surface area contributed by atoms with Crippen molar-refractivity contribution in [2.45, 2.75) is 5.60 Å². The van der Waals surface area contributed by atoms with Crippen molar-refractivity contribution in [2.24, 2.45) is 0 Å². The number of aliphatic hydroxyl groups is 1. The van der Waals surface area contributed by atoms with E-state index >= 15 is 0 Å². The van der Waals surface area contributed by atoms with Crippen molar-refractivity contribution in [3.63, 3.8) is 0 Å². The van der Waals surface area contributed by atoms with Gasteiger partial charge in [0.25, 0.3) is 0 Å². The molecule has 0 aliphatic carbocycles. The van der Waals surface area contributed by atoms with E-state index in [2.05, 4.69) is 25.1 Å². The van der Waals surface area contributed by atoms with Gasteiger partial charge >= 0.3 is 0 Å². The minimum Gasteiger partial charge on any atom is -0.481 e. The molecule has 2 N–H and O–H groups in total. The van der Waals surface area contributed by atoms with Crippen LogP contribution in [0.1, 0.15) is 0 Å². The normalized spacial score (nSPS) is 24.6. The number of hydrogen-bond acceptors (Lipinski definition) is 8. The maximum absolute atomic E-state index is 10.7. The van der Waals surface area contributed by atoms with Crippen molar-refractivity contribution in [1.29, 1.82) is 0 Å². The Morgan fingerprint density at radius 1 is 1.32 bits per heavy atom. The highest BCUT2D eigenvalue weighted by Crippen LogP contribution is 2.16. The zero-order valence-corrected chi connectivity index (χ0v) is 16.0. The third kappa shape index (κ3) is 6.09. The van der Waals surface area contributed by atoms with E-state index in [-0.39, 0.29) is 24.8 Å². The van der Waals surface area contributed by atoms with Crippen LogP contribution in [0.4, 0.5) is 5.95 Å². The summed E-state index contributed by atoms with van der Waals surface area (Å²) in [6.07, 6.45) is 1.71. The number of methoxy groups -OCH3 is 1. The lowest BCUT2D eigenvalue weighted by molar-refractivity contribution is -0.0495. The molecule has 10 heteroatoms. The summed E-state index contributed by atoms with van der Waals surface area (Å²) in [6, 6.07) is 1.74. The maximum Gasteiger partial charge on any atom is 0.228 e. The zero-order valence-electron chi connectivity index (χ0n) is 14.4. The first-order valence-electron chi connectivity index (χ1n) is 8.04. The van der Waals surface area contributed by atoms with Crippen LogP contribution < -0.4 is 15.0 Å². The predicted octanol–water partition coefficient (Wildman–Crippen LogP) is -0.198. The highest BCUT2D eigenvalue weighted by atomic mass is 35.5. The number of β-amino-alcohol motifs (C(OH)–C–C–N with tert-alkyl or cyclic N) is 1. The van der Waals surface area contributed by atoms with Crippen LogP contribution in [-0.2, 0) is 4.74 Å². The van der Waals surface area contributed by atoms with Crippen molar-refractivity contribution in [3.05, 3.63) is 12.3 Å². The molecular formula is C15H27Cl2N5O3. The molecule has 1 atom stereocenters. The molecule has 3 rings (SSSR count). The van der Waals surface area contributed by atoms with Crippen molar-refractivity contribution in [3.8, 4) is 5.88 Å². The van der Waals surface area contributed by atoms with Crippen molar-refractivity contribution < 1.29 is 14.6 Å². The van der Waals surface area contributed by atoms with Crippen LogP contribution in [0, 0.1) is 0 Å². The van der Waals surface area contributed by atoms with Crippen LogP contribution in [0.25, 0.3) is 0 Å². The van der Waals surface area contributed by atoms with Gasteiger partial charge in [-0.1, -0.05) is 0 Å². The number of aromatic nitrogens is 2. The van der Waals surface area contributed by atoms with Crippen LogP contribution in [-0.4, -0.2) is 91.7 Å². The molecule has 0 amide bonds. The second kappa shape index (κ2) is 10.3. The predicted molar refractivity (Wildman–Crippen MR) is 100 cm³/mol. The van der Waals surface area contributed by atoms with Gasteiger partial charge in [-0.05, 0) is 0 Å². The maximum atomic E-state index is 10.7. The lowest BCUT2D eigenvalue weighted by Gasteiger charge is -2.38. The van der Waals surface area contributed by atoms with Gasteiger partial charge in [0.15, 0.2) is 0 Å². The largest absolute Gasteiger partial charge is 0.481 e. The molecule has 144 valence electrons. The molecule has 0 bridgehead atoms. The molecule has 0 spiro atoms. The van der Waals surface area contributed by atoms with Crippen molar-refractivity contribution in [2.75, 3.05) is 71.0 Å². The second-order valence-corrected chi connectivity index (χ2v) is 6.12. The number of rotatable bonds is 4. The van der Waals surface area contributed by atoms with E-state index in [0.29, 0.717) is 38.1 Å². The summed E-state index contributed by atoms with van der Waals surface area (Å²) in [4.78, 5) is 13.1. The van der Waals surface area contributed by atoms with Gasteiger partial charge in [0.2, 0.25) is 11.8 Å². The molecule has 25 heavy (non-hydrogen) atoms. The van der Waals surface area contributed by atoms with Crippen LogP contribution >= 0.6 is 24.8 Å². The van der Waals surface area contributed by atoms with Crippen LogP contribution in [0.2, 0.25) is 0 Å². The Hall–Kier alpha value is -0.900. The minimum atomic E-state index is -0.814. The van der Waals surface area contributed by atoms with E-state index < -0.39 is 5.60 Å². The second-order valence-electron chi connectivity index (χ2n) is 6.12. The fraction of sp³-hybridized carbons (Fsp3) is 0.733. The van der Waals surface area contributed by atoms with Gasteiger partial charge in [-0.3, -0.25) is 4.90 Å². The summed E-state index contributed by atoms with van der Waals surface area (Å²) >= 11 is 0. The number of ether oxygens (including phenoxy) is 2. The molecule has 0 radical (unpaired) electrons. The van der Waals surface area contributed by atoms with E-state index in [9.17, 15) is 5.11 Å². The Morgan fingerprint density at radius 2 is 2.08 bits per heavy atom. The number of nitrogens with one attached hydrogen (secondary N) is 1. The number of nitrogens with zero attached hydrogens (tertiary/aromatic N) is 4. The highest BCUT2D eigenvalue weighted by molar-refractivity contribution is 5.85. The summed E-state index contributed by atoms with van der Waals surface area (Å²) in [5.74, 6) is 1.27. The molecule has 2 fully saturated rings. The van der Waals surface area contributed by atoms with E-state index in [4.69, 9.17) is 9.47 Å². The Bertz CT molecular complexity index is 510. The monoisotopic (exact) mass is 395 g/mol. The first kappa shape index (κ1) is 22.1. The van der Waals surface area contributed by atoms with Gasteiger partial charge in [0.05, 0.1) is 20.3 Å². The first-order chi connectivity index (χ1) is 11.2. The molecule has 8 nitrogen and oxygen atoms in total. The van der Waals surface area contributed by atoms with Gasteiger partial charge < -0.3 is 24.8 Å². The van der Waals surface area contributed by atoms with Crippen LogP contribution in [0.15, 0.2) is 12.3 Å². The molecule has 0 aromatic carbocycles. The number of hydrogen-bond donors (Lipinski definition) is 2. The van der Waals surface area contributed by atoms with E-state index in [1.165, 1.54) is 0 Å². The lowest BCUT2D eigenvalue weighted by Crippen LogP contribution is -2.56. The van der Waals surface area contributed by atoms with Gasteiger partial charge in [0, 0.05) is 58.1 Å². The van der Waals surface area contributed by atoms with Crippen molar-refractivity contribution in [1.82, 2.24) is 20.2 Å². The lowest BCUT2D eigenvalue weighted by atomic mass is 10.0. The standard InChI is InChI=1S/C15H25N5O3.2ClH/c1-22-13-2-3-17-14(18-13)20-7-5-19(6-8-20)11-15(21)10-16-4-9-23-12-15;;/h2-3,16,21H,4-12H2,1H3;2*1H. The third-order valence-corrected chi connectivity index (χ3v) is 4.25. The molecule has 1 aromatic rings. The summed E-state index contributed by atoms with van der Waals surface area (Å²) in [5.41, 5.74) is -0.814. The van der Waals surface area contributed by atoms with E-state index in [1.54, 1.807) is 19.4 Å². The highest BCUT2D eigenvalue weighted by Gasteiger charge is 2.32. The van der Waals surface area contributed by atoms with Gasteiger partial charge in [-0.2, -0.15) is 4.98 Å². The molecule has 2 aliphatic rings. The Labute approximate surface area is 160 Å². The topological polar surface area (TPSA) is 83.0 Å². The Kier molecular flexibility index (Phi) is 9.12. The number of anilines is 1. The molecule has 1 aromatic heterocycles.